The summed E-state index contributed by atoms with van der Waals surface area (Å²) in [5.41, 5.74) is 3.63. The first-order valence-corrected chi connectivity index (χ1v) is 10.6. The molecule has 3 rings (SSSR count). The summed E-state index contributed by atoms with van der Waals surface area (Å²) in [6, 6.07) is 15.6. The van der Waals surface area contributed by atoms with Crippen molar-refractivity contribution in [1.29, 1.82) is 0 Å². The van der Waals surface area contributed by atoms with Crippen LogP contribution in [0.1, 0.15) is 40.7 Å². The second-order valence-corrected chi connectivity index (χ2v) is 7.91. The Morgan fingerprint density at radius 3 is 2.59 bits per heavy atom. The van der Waals surface area contributed by atoms with E-state index in [1.807, 2.05) is 23.1 Å². The highest BCUT2D eigenvalue weighted by molar-refractivity contribution is 7.99. The number of rotatable bonds is 6. The number of hydrogen-bond donors (Lipinski definition) is 1. The number of aryl methyl sites for hydroxylation is 1. The number of benzene rings is 2. The van der Waals surface area contributed by atoms with Gasteiger partial charge in [0.15, 0.2) is 0 Å². The highest BCUT2D eigenvalue weighted by Gasteiger charge is 2.21. The van der Waals surface area contributed by atoms with Crippen molar-refractivity contribution < 1.29 is 9.59 Å². The summed E-state index contributed by atoms with van der Waals surface area (Å²) in [5.74, 6) is 1.09. The number of carbonyl (C=O) groups excluding carboxylic acids is 2. The number of hydrogen-bond acceptors (Lipinski definition) is 3. The minimum absolute atomic E-state index is 0.0120. The van der Waals surface area contributed by atoms with Crippen LogP contribution in [0.5, 0.6) is 0 Å². The number of piperidine rings is 1. The maximum atomic E-state index is 12.8. The average molecular weight is 383 g/mol. The van der Waals surface area contributed by atoms with Gasteiger partial charge in [-0.25, -0.2) is 0 Å². The summed E-state index contributed by atoms with van der Waals surface area (Å²) < 4.78 is 0. The van der Waals surface area contributed by atoms with Gasteiger partial charge in [-0.05, 0) is 43.9 Å². The second-order valence-electron chi connectivity index (χ2n) is 6.93. The molecule has 2 amide bonds. The van der Waals surface area contributed by atoms with Crippen molar-refractivity contribution in [2.45, 2.75) is 31.9 Å². The molecule has 27 heavy (non-hydrogen) atoms. The highest BCUT2D eigenvalue weighted by atomic mass is 32.2. The molecule has 1 aliphatic rings. The van der Waals surface area contributed by atoms with Crippen LogP contribution in [-0.4, -0.2) is 35.6 Å². The standard InChI is InChI=1S/C22H26N2O2S/c1-17-8-7-9-18(14-17)15-27-16-21(25)23-20-11-4-3-10-19(20)22(26)24-12-5-2-6-13-24/h3-4,7-11,14H,2,5-6,12-13,15-16H2,1H3,(H,23,25). The van der Waals surface area contributed by atoms with Crippen LogP contribution in [0.15, 0.2) is 48.5 Å². The Bertz CT molecular complexity index is 800. The Hall–Kier alpha value is -2.27. The minimum atomic E-state index is -0.0773. The molecule has 0 atom stereocenters. The zero-order valence-electron chi connectivity index (χ0n) is 15.7. The van der Waals surface area contributed by atoms with Gasteiger partial charge in [0, 0.05) is 18.8 Å². The van der Waals surface area contributed by atoms with Crippen LogP contribution in [0, 0.1) is 6.92 Å². The molecule has 0 unspecified atom stereocenters. The summed E-state index contributed by atoms with van der Waals surface area (Å²) in [7, 11) is 0. The molecule has 0 spiro atoms. The van der Waals surface area contributed by atoms with Crippen LogP contribution >= 0.6 is 11.8 Å². The number of anilines is 1. The molecule has 0 aromatic heterocycles. The third-order valence-corrected chi connectivity index (χ3v) is 5.66. The van der Waals surface area contributed by atoms with Crippen molar-refractivity contribution in [3.05, 3.63) is 65.2 Å². The van der Waals surface area contributed by atoms with Crippen LogP contribution in [0.25, 0.3) is 0 Å². The highest BCUT2D eigenvalue weighted by Crippen LogP contribution is 2.21. The van der Waals surface area contributed by atoms with Crippen LogP contribution in [0.4, 0.5) is 5.69 Å². The van der Waals surface area contributed by atoms with Gasteiger partial charge >= 0.3 is 0 Å². The molecule has 0 radical (unpaired) electrons. The van der Waals surface area contributed by atoms with Crippen LogP contribution in [-0.2, 0) is 10.5 Å². The Balaban J connectivity index is 1.56. The number of nitrogens with zero attached hydrogens (tertiary/aromatic N) is 1. The van der Waals surface area contributed by atoms with Gasteiger partial charge in [0.25, 0.3) is 5.91 Å². The Morgan fingerprint density at radius 2 is 1.81 bits per heavy atom. The molecule has 1 saturated heterocycles. The fraction of sp³-hybridized carbons (Fsp3) is 0.364. The maximum absolute atomic E-state index is 12.8. The molecule has 4 nitrogen and oxygen atoms in total. The Kier molecular flexibility index (Phi) is 6.93. The van der Waals surface area contributed by atoms with Crippen molar-refractivity contribution in [3.8, 4) is 0 Å². The predicted molar refractivity (Wildman–Crippen MR) is 112 cm³/mol. The van der Waals surface area contributed by atoms with Gasteiger partial charge in [-0.2, -0.15) is 0 Å². The monoisotopic (exact) mass is 382 g/mol. The molecule has 2 aromatic carbocycles. The van der Waals surface area contributed by atoms with Crippen molar-refractivity contribution in [2.75, 3.05) is 24.2 Å². The molecule has 5 heteroatoms. The third-order valence-electron chi connectivity index (χ3n) is 4.66. The molecule has 1 aliphatic heterocycles. The lowest BCUT2D eigenvalue weighted by atomic mass is 10.1. The smallest absolute Gasteiger partial charge is 0.255 e. The van der Waals surface area contributed by atoms with E-state index in [0.29, 0.717) is 17.0 Å². The van der Waals surface area contributed by atoms with Gasteiger partial charge in [0.2, 0.25) is 5.91 Å². The van der Waals surface area contributed by atoms with Crippen LogP contribution in [0.3, 0.4) is 0 Å². The zero-order valence-corrected chi connectivity index (χ0v) is 16.6. The first-order chi connectivity index (χ1) is 13.1. The van der Waals surface area contributed by atoms with Gasteiger partial charge in [0.1, 0.15) is 0 Å². The van der Waals surface area contributed by atoms with Gasteiger partial charge < -0.3 is 10.2 Å². The average Bonchev–Trinajstić information content (AvgIpc) is 2.69. The first kappa shape index (κ1) is 19.5. The van der Waals surface area contributed by atoms with Crippen LogP contribution in [0.2, 0.25) is 0 Å². The molecule has 0 saturated carbocycles. The molecule has 0 aliphatic carbocycles. The number of para-hydroxylation sites is 1. The summed E-state index contributed by atoms with van der Waals surface area (Å²) in [4.78, 5) is 27.1. The predicted octanol–water partition coefficient (Wildman–Crippen LogP) is 4.49. The molecule has 0 bridgehead atoms. The number of nitrogens with one attached hydrogen (secondary N) is 1. The summed E-state index contributed by atoms with van der Waals surface area (Å²) in [5, 5.41) is 2.92. The molecular weight excluding hydrogens is 356 g/mol. The van der Waals surface area contributed by atoms with E-state index >= 15 is 0 Å². The number of likely N-dealkylation sites (tertiary alicyclic amines) is 1. The molecular formula is C22H26N2O2S. The van der Waals surface area contributed by atoms with Crippen molar-refractivity contribution >= 4 is 29.3 Å². The lowest BCUT2D eigenvalue weighted by Crippen LogP contribution is -2.36. The summed E-state index contributed by atoms with van der Waals surface area (Å²) in [6.07, 6.45) is 3.28. The SMILES string of the molecule is Cc1cccc(CSCC(=O)Nc2ccccc2C(=O)N2CCCCC2)c1. The van der Waals surface area contributed by atoms with E-state index in [1.54, 1.807) is 23.9 Å². The maximum Gasteiger partial charge on any atom is 0.255 e. The van der Waals surface area contributed by atoms with Crippen LogP contribution < -0.4 is 5.32 Å². The van der Waals surface area contributed by atoms with E-state index in [-0.39, 0.29) is 11.8 Å². The van der Waals surface area contributed by atoms with E-state index in [9.17, 15) is 9.59 Å². The van der Waals surface area contributed by atoms with E-state index in [1.165, 1.54) is 17.5 Å². The normalized spacial score (nSPS) is 14.0. The molecule has 142 valence electrons. The zero-order chi connectivity index (χ0) is 19.1. The quantitative estimate of drug-likeness (QED) is 0.801. The van der Waals surface area contributed by atoms with Gasteiger partial charge in [-0.3, -0.25) is 9.59 Å². The third kappa shape index (κ3) is 5.60. The number of amides is 2. The van der Waals surface area contributed by atoms with Gasteiger partial charge in [0.05, 0.1) is 17.0 Å². The van der Waals surface area contributed by atoms with Gasteiger partial charge in [-0.15, -0.1) is 11.8 Å². The van der Waals surface area contributed by atoms with E-state index < -0.39 is 0 Å². The fourth-order valence-corrected chi connectivity index (χ4v) is 4.07. The fourth-order valence-electron chi connectivity index (χ4n) is 3.30. The van der Waals surface area contributed by atoms with Crippen molar-refractivity contribution in [2.24, 2.45) is 0 Å². The molecule has 1 N–H and O–H groups in total. The molecule has 1 heterocycles. The number of carbonyl (C=O) groups is 2. The topological polar surface area (TPSA) is 49.4 Å². The minimum Gasteiger partial charge on any atom is -0.339 e. The number of thioether (sulfide) groups is 1. The second kappa shape index (κ2) is 9.60. The Morgan fingerprint density at radius 1 is 1.04 bits per heavy atom. The van der Waals surface area contributed by atoms with E-state index in [0.717, 1.165) is 31.7 Å². The largest absolute Gasteiger partial charge is 0.339 e. The van der Waals surface area contributed by atoms with E-state index in [2.05, 4.69) is 30.4 Å². The molecule has 1 fully saturated rings. The van der Waals surface area contributed by atoms with Crippen molar-refractivity contribution in [3.63, 3.8) is 0 Å². The first-order valence-electron chi connectivity index (χ1n) is 9.45. The van der Waals surface area contributed by atoms with Crippen molar-refractivity contribution in [1.82, 2.24) is 4.90 Å². The lowest BCUT2D eigenvalue weighted by molar-refractivity contribution is -0.113. The summed E-state index contributed by atoms with van der Waals surface area (Å²) >= 11 is 1.58. The molecule has 2 aromatic rings. The summed E-state index contributed by atoms with van der Waals surface area (Å²) in [6.45, 7) is 3.66. The lowest BCUT2D eigenvalue weighted by Gasteiger charge is -2.27. The van der Waals surface area contributed by atoms with E-state index in [4.69, 9.17) is 0 Å². The van der Waals surface area contributed by atoms with Gasteiger partial charge in [-0.1, -0.05) is 42.0 Å². The Labute approximate surface area is 165 Å².